The van der Waals surface area contributed by atoms with E-state index in [4.69, 9.17) is 5.73 Å². The van der Waals surface area contributed by atoms with Crippen molar-refractivity contribution in [2.75, 3.05) is 6.54 Å². The third-order valence-electron chi connectivity index (χ3n) is 4.20. The molecule has 1 saturated carbocycles. The van der Waals surface area contributed by atoms with Gasteiger partial charge in [-0.25, -0.2) is 13.1 Å². The topological polar surface area (TPSA) is 101 Å². The van der Waals surface area contributed by atoms with Crippen molar-refractivity contribution < 1.29 is 13.2 Å². The van der Waals surface area contributed by atoms with Crippen molar-refractivity contribution in [3.8, 4) is 0 Å². The zero-order valence-corrected chi connectivity index (χ0v) is 16.5. The van der Waals surface area contributed by atoms with E-state index in [2.05, 4.69) is 10.0 Å². The summed E-state index contributed by atoms with van der Waals surface area (Å²) in [4.78, 5) is 13.3. The van der Waals surface area contributed by atoms with Gasteiger partial charge in [-0.15, -0.1) is 23.7 Å². The molecule has 26 heavy (non-hydrogen) atoms. The minimum Gasteiger partial charge on any atom is -0.348 e. The first-order valence-corrected chi connectivity index (χ1v) is 10.5. The molecule has 0 bridgehead atoms. The number of nitrogens with two attached hydrogens (primary N) is 1. The van der Waals surface area contributed by atoms with Crippen molar-refractivity contribution in [3.63, 3.8) is 0 Å². The lowest BCUT2D eigenvalue weighted by Gasteiger charge is -2.16. The van der Waals surface area contributed by atoms with Crippen molar-refractivity contribution in [1.29, 1.82) is 0 Å². The van der Waals surface area contributed by atoms with Gasteiger partial charge in [-0.2, -0.15) is 0 Å². The number of thiophene rings is 1. The van der Waals surface area contributed by atoms with Crippen molar-refractivity contribution in [1.82, 2.24) is 10.0 Å². The van der Waals surface area contributed by atoms with E-state index in [9.17, 15) is 13.2 Å². The van der Waals surface area contributed by atoms with Crippen LogP contribution in [-0.4, -0.2) is 26.9 Å². The molecule has 3 rings (SSSR count). The van der Waals surface area contributed by atoms with Gasteiger partial charge in [-0.05, 0) is 54.5 Å². The van der Waals surface area contributed by atoms with Crippen LogP contribution in [-0.2, 0) is 16.6 Å². The predicted molar refractivity (Wildman–Crippen MR) is 105 cm³/mol. The minimum atomic E-state index is -3.61. The number of carbonyl (C=O) groups excluding carboxylic acids is 1. The third-order valence-corrected chi connectivity index (χ3v) is 6.50. The van der Waals surface area contributed by atoms with Crippen molar-refractivity contribution in [3.05, 3.63) is 52.2 Å². The van der Waals surface area contributed by atoms with Crippen LogP contribution in [0.4, 0.5) is 0 Å². The summed E-state index contributed by atoms with van der Waals surface area (Å²) < 4.78 is 27.2. The molecule has 9 heteroatoms. The van der Waals surface area contributed by atoms with Crippen molar-refractivity contribution in [2.24, 2.45) is 11.7 Å². The fraction of sp³-hybridized carbons (Fsp3) is 0.353. The number of nitrogens with one attached hydrogen (secondary N) is 2. The third kappa shape index (κ3) is 5.28. The normalized spacial score (nSPS) is 15.1. The van der Waals surface area contributed by atoms with Crippen LogP contribution in [0.15, 0.2) is 46.7 Å². The Bertz CT molecular complexity index is 819. The smallest absolute Gasteiger partial charge is 0.251 e. The standard InChI is InChI=1S/C17H21N3O3S2.ClH/c18-10-16(12-3-4-12)20-17(21)13-5-7-15(8-6-13)25(22,23)19-11-14-2-1-9-24-14;/h1-2,5-9,12,16,19H,3-4,10-11,18H2,(H,20,21);1H. The van der Waals surface area contributed by atoms with E-state index in [0.29, 0.717) is 18.0 Å². The molecule has 0 radical (unpaired) electrons. The lowest BCUT2D eigenvalue weighted by molar-refractivity contribution is 0.0933. The number of rotatable bonds is 8. The second-order valence-corrected chi connectivity index (χ2v) is 8.88. The van der Waals surface area contributed by atoms with Crippen molar-refractivity contribution in [2.45, 2.75) is 30.3 Å². The number of halogens is 1. The first-order chi connectivity index (χ1) is 12.0. The lowest BCUT2D eigenvalue weighted by Crippen LogP contribution is -2.41. The Hall–Kier alpha value is -1.45. The summed E-state index contributed by atoms with van der Waals surface area (Å²) in [6, 6.07) is 9.67. The molecule has 1 fully saturated rings. The molecule has 6 nitrogen and oxygen atoms in total. The highest BCUT2D eigenvalue weighted by molar-refractivity contribution is 7.89. The molecule has 0 saturated heterocycles. The van der Waals surface area contributed by atoms with E-state index in [1.165, 1.54) is 35.6 Å². The summed E-state index contributed by atoms with van der Waals surface area (Å²) in [6.07, 6.45) is 2.18. The fourth-order valence-electron chi connectivity index (χ4n) is 2.57. The molecule has 1 atom stereocenters. The van der Waals surface area contributed by atoms with E-state index in [0.717, 1.165) is 17.7 Å². The van der Waals surface area contributed by atoms with Crippen LogP contribution in [0.3, 0.4) is 0 Å². The Labute approximate surface area is 163 Å². The fourth-order valence-corrected chi connectivity index (χ4v) is 4.31. The summed E-state index contributed by atoms with van der Waals surface area (Å²) >= 11 is 1.49. The second-order valence-electron chi connectivity index (χ2n) is 6.08. The van der Waals surface area contributed by atoms with Crippen LogP contribution >= 0.6 is 23.7 Å². The van der Waals surface area contributed by atoms with E-state index < -0.39 is 10.0 Å². The highest BCUT2D eigenvalue weighted by Crippen LogP contribution is 2.32. The summed E-state index contributed by atoms with van der Waals surface area (Å²) in [6.45, 7) is 0.664. The highest BCUT2D eigenvalue weighted by Gasteiger charge is 2.31. The average Bonchev–Trinajstić information content (AvgIpc) is 3.32. The van der Waals surface area contributed by atoms with Crippen LogP contribution in [0.1, 0.15) is 28.1 Å². The molecule has 0 spiro atoms. The molecule has 1 aliphatic carbocycles. The number of sulfonamides is 1. The molecule has 1 aromatic heterocycles. The molecule has 2 aromatic rings. The molecular weight excluding hydrogens is 394 g/mol. The van der Waals surface area contributed by atoms with Gasteiger partial charge < -0.3 is 11.1 Å². The number of hydrogen-bond donors (Lipinski definition) is 3. The molecular formula is C17H22ClN3O3S2. The van der Waals surface area contributed by atoms with E-state index in [1.807, 2.05) is 17.5 Å². The van der Waals surface area contributed by atoms with Gasteiger partial charge >= 0.3 is 0 Å². The Morgan fingerprint density at radius 2 is 1.92 bits per heavy atom. The molecule has 1 heterocycles. The maximum Gasteiger partial charge on any atom is 0.251 e. The monoisotopic (exact) mass is 415 g/mol. The van der Waals surface area contributed by atoms with Crippen LogP contribution in [0.5, 0.6) is 0 Å². The first kappa shape index (κ1) is 20.9. The first-order valence-electron chi connectivity index (χ1n) is 8.12. The Morgan fingerprint density at radius 3 is 2.46 bits per heavy atom. The molecule has 0 aliphatic heterocycles. The zero-order chi connectivity index (χ0) is 17.9. The van der Waals surface area contributed by atoms with E-state index >= 15 is 0 Å². The SMILES string of the molecule is Cl.NCC(NC(=O)c1ccc(S(=O)(=O)NCc2cccs2)cc1)C1CC1. The average molecular weight is 416 g/mol. The van der Waals surface area contributed by atoms with Crippen LogP contribution < -0.4 is 15.8 Å². The van der Waals surface area contributed by atoms with Gasteiger partial charge in [0, 0.05) is 29.6 Å². The van der Waals surface area contributed by atoms with E-state index in [1.54, 1.807) is 0 Å². The molecule has 4 N–H and O–H groups in total. The quantitative estimate of drug-likeness (QED) is 0.614. The number of benzene rings is 1. The Balaban J connectivity index is 0.00000243. The molecule has 1 amide bonds. The summed E-state index contributed by atoms with van der Waals surface area (Å²) in [5.74, 6) is 0.243. The molecule has 142 valence electrons. The van der Waals surface area contributed by atoms with Gasteiger partial charge in [0.15, 0.2) is 0 Å². The van der Waals surface area contributed by atoms with Crippen molar-refractivity contribution >= 4 is 39.7 Å². The highest BCUT2D eigenvalue weighted by atomic mass is 35.5. The summed E-state index contributed by atoms with van der Waals surface area (Å²) in [7, 11) is -3.61. The van der Waals surface area contributed by atoms with Gasteiger partial charge in [0.25, 0.3) is 5.91 Å². The van der Waals surface area contributed by atoms with Crippen LogP contribution in [0.2, 0.25) is 0 Å². The number of amides is 1. The Kier molecular flexibility index (Phi) is 7.19. The largest absolute Gasteiger partial charge is 0.348 e. The van der Waals surface area contributed by atoms with Gasteiger partial charge in [-0.1, -0.05) is 6.07 Å². The molecule has 1 unspecified atom stereocenters. The summed E-state index contributed by atoms with van der Waals surface area (Å²) in [5, 5.41) is 4.82. The zero-order valence-electron chi connectivity index (χ0n) is 14.1. The lowest BCUT2D eigenvalue weighted by atomic mass is 10.1. The number of carbonyl (C=O) groups is 1. The van der Waals surface area contributed by atoms with Crippen LogP contribution in [0, 0.1) is 5.92 Å². The maximum absolute atomic E-state index is 12.3. The maximum atomic E-state index is 12.3. The van der Waals surface area contributed by atoms with Gasteiger partial charge in [0.1, 0.15) is 0 Å². The predicted octanol–water partition coefficient (Wildman–Crippen LogP) is 2.12. The Morgan fingerprint density at radius 1 is 1.23 bits per heavy atom. The molecule has 1 aliphatic rings. The van der Waals surface area contributed by atoms with Gasteiger partial charge in [-0.3, -0.25) is 4.79 Å². The van der Waals surface area contributed by atoms with Crippen LogP contribution in [0.25, 0.3) is 0 Å². The van der Waals surface area contributed by atoms with Gasteiger partial charge in [0.2, 0.25) is 10.0 Å². The number of hydrogen-bond acceptors (Lipinski definition) is 5. The van der Waals surface area contributed by atoms with E-state index in [-0.39, 0.29) is 35.8 Å². The second kappa shape index (κ2) is 8.96. The molecule has 1 aromatic carbocycles. The summed E-state index contributed by atoms with van der Waals surface area (Å²) in [5.41, 5.74) is 6.12. The van der Waals surface area contributed by atoms with Gasteiger partial charge in [0.05, 0.1) is 4.90 Å². The minimum absolute atomic E-state index is 0.